The predicted molar refractivity (Wildman–Crippen MR) is 129 cm³/mol. The Morgan fingerprint density at radius 3 is 2.61 bits per heavy atom. The number of hydrogen-bond acceptors (Lipinski definition) is 6. The van der Waals surface area contributed by atoms with Crippen LogP contribution in [0.3, 0.4) is 0 Å². The molecule has 1 aromatic carbocycles. The molecule has 1 saturated heterocycles. The van der Waals surface area contributed by atoms with Crippen LogP contribution in [0, 0.1) is 12.7 Å². The summed E-state index contributed by atoms with van der Waals surface area (Å²) in [4.78, 5) is 22.3. The van der Waals surface area contributed by atoms with Crippen molar-refractivity contribution >= 4 is 22.5 Å². The topological polar surface area (TPSA) is 98.6 Å². The van der Waals surface area contributed by atoms with E-state index in [-0.39, 0.29) is 37.4 Å². The fraction of sp³-hybridized carbons (Fsp3) is 0.423. The lowest BCUT2D eigenvalue weighted by Crippen LogP contribution is -2.46. The maximum absolute atomic E-state index is 15.0. The number of carbonyl (C=O) groups is 1. The number of halogens is 3. The number of nitrogens with one attached hydrogen (secondary N) is 1. The van der Waals surface area contributed by atoms with Crippen molar-refractivity contribution in [1.29, 1.82) is 0 Å². The van der Waals surface area contributed by atoms with Gasteiger partial charge in [-0.1, -0.05) is 18.2 Å². The summed E-state index contributed by atoms with van der Waals surface area (Å²) in [7, 11) is 0. The number of aliphatic hydroxyl groups is 2. The van der Waals surface area contributed by atoms with Crippen molar-refractivity contribution in [2.45, 2.75) is 51.2 Å². The highest BCUT2D eigenvalue weighted by atomic mass is 19.3. The van der Waals surface area contributed by atoms with Gasteiger partial charge >= 0.3 is 0 Å². The fourth-order valence-corrected chi connectivity index (χ4v) is 4.69. The van der Waals surface area contributed by atoms with Crippen molar-refractivity contribution in [2.24, 2.45) is 0 Å². The van der Waals surface area contributed by atoms with Crippen molar-refractivity contribution < 1.29 is 28.2 Å². The number of nitrogens with zero attached hydrogens (tertiary/aromatic N) is 3. The molecule has 2 aromatic heterocycles. The molecule has 3 heterocycles. The number of aliphatic hydroxyl groups excluding tert-OH is 1. The van der Waals surface area contributed by atoms with Crippen molar-refractivity contribution in [2.75, 3.05) is 25.0 Å². The van der Waals surface area contributed by atoms with Gasteiger partial charge in [-0.15, -0.1) is 0 Å². The molecule has 3 N–H and O–H groups in total. The standard InChI is InChI=1S/C26H29F3N4O3/c1-15(17-5-4-6-19(23(17)27)25(3,28)29)31-20-7-10-30-24-16(2)32-21(13-18(20)24)26(36)8-11-33(12-9-26)22(35)14-34/h4-7,10,13,15,34,36H,8-9,11-12,14H2,1-3H3,(H,30,31)/t15-/m1/s1. The van der Waals surface area contributed by atoms with E-state index in [0.717, 1.165) is 6.07 Å². The molecule has 0 saturated carbocycles. The van der Waals surface area contributed by atoms with E-state index in [1.807, 2.05) is 0 Å². The molecule has 1 aliphatic heterocycles. The normalized spacial score (nSPS) is 16.7. The van der Waals surface area contributed by atoms with Gasteiger partial charge < -0.3 is 20.4 Å². The highest BCUT2D eigenvalue weighted by Crippen LogP contribution is 2.37. The van der Waals surface area contributed by atoms with Crippen LogP contribution in [0.25, 0.3) is 10.9 Å². The minimum Gasteiger partial charge on any atom is -0.387 e. The van der Waals surface area contributed by atoms with Crippen LogP contribution in [0.2, 0.25) is 0 Å². The second-order valence-corrected chi connectivity index (χ2v) is 9.38. The summed E-state index contributed by atoms with van der Waals surface area (Å²) in [6.45, 7) is 4.09. The lowest BCUT2D eigenvalue weighted by molar-refractivity contribution is -0.138. The van der Waals surface area contributed by atoms with E-state index >= 15 is 0 Å². The minimum absolute atomic E-state index is 0.101. The zero-order chi connectivity index (χ0) is 26.3. The predicted octanol–water partition coefficient (Wildman–Crippen LogP) is 4.16. The Kier molecular flexibility index (Phi) is 6.94. The van der Waals surface area contributed by atoms with E-state index < -0.39 is 35.6 Å². The van der Waals surface area contributed by atoms with Gasteiger partial charge in [0.05, 0.1) is 28.5 Å². The molecule has 36 heavy (non-hydrogen) atoms. The van der Waals surface area contributed by atoms with Crippen molar-refractivity contribution in [3.8, 4) is 0 Å². The molecule has 0 unspecified atom stereocenters. The highest BCUT2D eigenvalue weighted by Gasteiger charge is 2.37. The van der Waals surface area contributed by atoms with Gasteiger partial charge in [-0.3, -0.25) is 14.8 Å². The quantitative estimate of drug-likeness (QED) is 0.468. The van der Waals surface area contributed by atoms with Gasteiger partial charge in [0, 0.05) is 42.8 Å². The largest absolute Gasteiger partial charge is 0.387 e. The summed E-state index contributed by atoms with van der Waals surface area (Å²) in [6.07, 6.45) is 2.07. The zero-order valence-corrected chi connectivity index (χ0v) is 20.4. The molecule has 0 radical (unpaired) electrons. The first kappa shape index (κ1) is 25.8. The first-order chi connectivity index (χ1) is 16.9. The molecule has 1 atom stereocenters. The van der Waals surface area contributed by atoms with Crippen LogP contribution in [0.5, 0.6) is 0 Å². The lowest BCUT2D eigenvalue weighted by atomic mass is 9.87. The van der Waals surface area contributed by atoms with Crippen LogP contribution in [-0.2, 0) is 16.3 Å². The van der Waals surface area contributed by atoms with Gasteiger partial charge in [0.25, 0.3) is 5.92 Å². The maximum atomic E-state index is 15.0. The van der Waals surface area contributed by atoms with Crippen LogP contribution < -0.4 is 5.32 Å². The summed E-state index contributed by atoms with van der Waals surface area (Å²) < 4.78 is 42.7. The van der Waals surface area contributed by atoms with E-state index in [2.05, 4.69) is 15.3 Å². The lowest BCUT2D eigenvalue weighted by Gasteiger charge is -2.37. The first-order valence-corrected chi connectivity index (χ1v) is 11.8. The third-order valence-electron chi connectivity index (χ3n) is 6.80. The monoisotopic (exact) mass is 502 g/mol. The number of piperidine rings is 1. The second kappa shape index (κ2) is 9.67. The molecule has 192 valence electrons. The molecular formula is C26H29F3N4O3. The number of anilines is 1. The number of benzene rings is 1. The van der Waals surface area contributed by atoms with Crippen LogP contribution in [0.1, 0.15) is 55.2 Å². The Labute approximate surface area is 207 Å². The van der Waals surface area contributed by atoms with Gasteiger partial charge in [-0.25, -0.2) is 13.2 Å². The van der Waals surface area contributed by atoms with Gasteiger partial charge in [0.15, 0.2) is 0 Å². The van der Waals surface area contributed by atoms with E-state index in [0.29, 0.717) is 34.9 Å². The molecule has 1 amide bonds. The van der Waals surface area contributed by atoms with Crippen LogP contribution in [-0.4, -0.2) is 50.7 Å². The van der Waals surface area contributed by atoms with Crippen LogP contribution in [0.15, 0.2) is 36.5 Å². The van der Waals surface area contributed by atoms with Gasteiger partial charge in [-0.05, 0) is 38.8 Å². The molecule has 0 spiro atoms. The molecule has 3 aromatic rings. The number of carbonyl (C=O) groups excluding carboxylic acids is 1. The smallest absolute Gasteiger partial charge is 0.273 e. The van der Waals surface area contributed by atoms with Gasteiger partial charge in [-0.2, -0.15) is 0 Å². The van der Waals surface area contributed by atoms with Gasteiger partial charge in [0.2, 0.25) is 5.91 Å². The molecular weight excluding hydrogens is 473 g/mol. The van der Waals surface area contributed by atoms with Gasteiger partial charge in [0.1, 0.15) is 18.0 Å². The molecule has 7 nitrogen and oxygen atoms in total. The molecule has 4 rings (SSSR count). The Morgan fingerprint density at radius 2 is 1.97 bits per heavy atom. The van der Waals surface area contributed by atoms with Crippen LogP contribution >= 0.6 is 0 Å². The Hall–Kier alpha value is -3.24. The summed E-state index contributed by atoms with van der Waals surface area (Å²) >= 11 is 0. The molecule has 0 aliphatic carbocycles. The van der Waals surface area contributed by atoms with E-state index in [1.165, 1.54) is 17.0 Å². The number of pyridine rings is 2. The van der Waals surface area contributed by atoms with Crippen molar-refractivity contribution in [1.82, 2.24) is 14.9 Å². The fourth-order valence-electron chi connectivity index (χ4n) is 4.69. The average molecular weight is 503 g/mol. The molecule has 1 fully saturated rings. The third kappa shape index (κ3) is 4.87. The number of rotatable bonds is 6. The summed E-state index contributed by atoms with van der Waals surface area (Å²) in [5, 5.41) is 24.3. The number of likely N-dealkylation sites (tertiary alicyclic amines) is 1. The van der Waals surface area contributed by atoms with E-state index in [1.54, 1.807) is 32.2 Å². The Balaban J connectivity index is 1.68. The van der Waals surface area contributed by atoms with Crippen molar-refractivity contribution in [3.63, 3.8) is 0 Å². The number of amides is 1. The van der Waals surface area contributed by atoms with E-state index in [9.17, 15) is 23.1 Å². The number of aromatic nitrogens is 2. The number of fused-ring (bicyclic) bond motifs is 1. The number of hydrogen-bond donors (Lipinski definition) is 3. The summed E-state index contributed by atoms with van der Waals surface area (Å²) in [5.41, 5.74) is 0.335. The highest BCUT2D eigenvalue weighted by molar-refractivity contribution is 5.92. The molecule has 1 aliphatic rings. The third-order valence-corrected chi connectivity index (χ3v) is 6.80. The maximum Gasteiger partial charge on any atom is 0.273 e. The van der Waals surface area contributed by atoms with Crippen molar-refractivity contribution in [3.05, 3.63) is 64.9 Å². The van der Waals surface area contributed by atoms with Crippen LogP contribution in [0.4, 0.5) is 18.9 Å². The first-order valence-electron chi connectivity index (χ1n) is 11.8. The molecule has 10 heteroatoms. The summed E-state index contributed by atoms with van der Waals surface area (Å²) in [5.74, 6) is -4.66. The minimum atomic E-state index is -3.31. The SMILES string of the molecule is Cc1nc(C2(O)CCN(C(=O)CO)CC2)cc2c(N[C@H](C)c3cccc(C(C)(F)F)c3F)ccnc12. The second-order valence-electron chi connectivity index (χ2n) is 9.38. The average Bonchev–Trinajstić information content (AvgIpc) is 2.83. The van der Waals surface area contributed by atoms with E-state index in [4.69, 9.17) is 5.11 Å². The molecule has 0 bridgehead atoms. The summed E-state index contributed by atoms with van der Waals surface area (Å²) in [6, 6.07) is 6.73. The number of aryl methyl sites for hydroxylation is 1. The zero-order valence-electron chi connectivity index (χ0n) is 20.4. The number of alkyl halides is 2. The Morgan fingerprint density at radius 1 is 1.28 bits per heavy atom. The Bertz CT molecular complexity index is 1290.